The number of carbonyl (C=O) groups is 1. The van der Waals surface area contributed by atoms with Gasteiger partial charge in [0.2, 0.25) is 5.91 Å². The molecular formula is C24H23N3O2S2. The second-order valence-electron chi connectivity index (χ2n) is 7.51. The lowest BCUT2D eigenvalue weighted by atomic mass is 10.1. The predicted octanol–water partition coefficient (Wildman–Crippen LogP) is 4.81. The second-order valence-corrected chi connectivity index (χ2v) is 9.23. The number of para-hydroxylation sites is 1. The summed E-state index contributed by atoms with van der Waals surface area (Å²) in [5.41, 5.74) is 4.52. The Kier molecular flexibility index (Phi) is 6.25. The molecular weight excluding hydrogens is 426 g/mol. The minimum atomic E-state index is -0.126. The Balaban J connectivity index is 1.69. The minimum Gasteiger partial charge on any atom is -0.341 e. The molecule has 4 aromatic rings. The predicted molar refractivity (Wildman–Crippen MR) is 128 cm³/mol. The average Bonchev–Trinajstić information content (AvgIpc) is 3.26. The van der Waals surface area contributed by atoms with E-state index in [1.54, 1.807) is 33.9 Å². The van der Waals surface area contributed by atoms with Crippen LogP contribution in [-0.2, 0) is 11.3 Å². The Morgan fingerprint density at radius 1 is 1.16 bits per heavy atom. The first-order chi connectivity index (χ1) is 14.9. The van der Waals surface area contributed by atoms with Crippen molar-refractivity contribution in [3.8, 4) is 5.69 Å². The highest BCUT2D eigenvalue weighted by Gasteiger charge is 2.17. The van der Waals surface area contributed by atoms with Gasteiger partial charge in [0.15, 0.2) is 5.16 Å². The van der Waals surface area contributed by atoms with Crippen LogP contribution in [0.2, 0.25) is 0 Å². The molecule has 0 aliphatic rings. The third-order valence-corrected chi connectivity index (χ3v) is 6.74. The molecule has 2 heterocycles. The van der Waals surface area contributed by atoms with Gasteiger partial charge in [0, 0.05) is 13.6 Å². The van der Waals surface area contributed by atoms with E-state index >= 15 is 0 Å². The van der Waals surface area contributed by atoms with Crippen molar-refractivity contribution in [1.82, 2.24) is 14.5 Å². The van der Waals surface area contributed by atoms with Crippen LogP contribution in [0.3, 0.4) is 0 Å². The molecule has 2 aromatic carbocycles. The zero-order valence-corrected chi connectivity index (χ0v) is 19.3. The molecule has 0 fully saturated rings. The minimum absolute atomic E-state index is 0.00853. The third-order valence-electron chi connectivity index (χ3n) is 5.09. The molecule has 0 aliphatic carbocycles. The molecule has 0 atom stereocenters. The van der Waals surface area contributed by atoms with E-state index in [9.17, 15) is 9.59 Å². The van der Waals surface area contributed by atoms with Crippen LogP contribution in [-0.4, -0.2) is 33.2 Å². The first-order valence-corrected chi connectivity index (χ1v) is 11.8. The molecule has 5 nitrogen and oxygen atoms in total. The van der Waals surface area contributed by atoms with Crippen LogP contribution in [0.25, 0.3) is 16.6 Å². The van der Waals surface area contributed by atoms with E-state index in [2.05, 4.69) is 0 Å². The van der Waals surface area contributed by atoms with Crippen molar-refractivity contribution in [2.45, 2.75) is 25.5 Å². The molecule has 0 bridgehead atoms. The summed E-state index contributed by atoms with van der Waals surface area (Å²) >= 11 is 2.91. The molecule has 0 radical (unpaired) electrons. The van der Waals surface area contributed by atoms with Crippen molar-refractivity contribution in [2.24, 2.45) is 0 Å². The average molecular weight is 450 g/mol. The number of aryl methyl sites for hydroxylation is 2. The Hall–Kier alpha value is -2.90. The number of thioether (sulfide) groups is 1. The van der Waals surface area contributed by atoms with Gasteiger partial charge >= 0.3 is 0 Å². The number of benzene rings is 2. The van der Waals surface area contributed by atoms with Crippen LogP contribution in [0.5, 0.6) is 0 Å². The number of carbonyl (C=O) groups excluding carboxylic acids is 1. The Bertz CT molecular complexity index is 1300. The lowest BCUT2D eigenvalue weighted by Crippen LogP contribution is -2.28. The largest absolute Gasteiger partial charge is 0.341 e. The van der Waals surface area contributed by atoms with E-state index in [1.165, 1.54) is 11.8 Å². The Morgan fingerprint density at radius 3 is 2.71 bits per heavy atom. The maximum absolute atomic E-state index is 13.4. The SMILES string of the molecule is Cc1ccc(-n2c(SCC(=O)N(C)Cc3ccsc3)nc3ccccc3c2=O)c(C)c1. The summed E-state index contributed by atoms with van der Waals surface area (Å²) in [6, 6.07) is 15.3. The van der Waals surface area contributed by atoms with Crippen molar-refractivity contribution in [3.05, 3.63) is 86.3 Å². The molecule has 0 N–H and O–H groups in total. The highest BCUT2D eigenvalue weighted by atomic mass is 32.2. The van der Waals surface area contributed by atoms with Gasteiger partial charge in [-0.15, -0.1) is 0 Å². The van der Waals surface area contributed by atoms with E-state index < -0.39 is 0 Å². The number of thiophene rings is 1. The number of hydrogen-bond donors (Lipinski definition) is 0. The molecule has 0 saturated carbocycles. The van der Waals surface area contributed by atoms with Crippen molar-refractivity contribution < 1.29 is 4.79 Å². The summed E-state index contributed by atoms with van der Waals surface area (Å²) < 4.78 is 1.63. The maximum Gasteiger partial charge on any atom is 0.266 e. The third kappa shape index (κ3) is 4.57. The van der Waals surface area contributed by atoms with Crippen LogP contribution in [0.1, 0.15) is 16.7 Å². The molecule has 158 valence electrons. The Labute approximate surface area is 189 Å². The summed E-state index contributed by atoms with van der Waals surface area (Å²) in [4.78, 5) is 32.6. The summed E-state index contributed by atoms with van der Waals surface area (Å²) in [5, 5.41) is 5.13. The van der Waals surface area contributed by atoms with Gasteiger partial charge in [-0.1, -0.05) is 41.6 Å². The fourth-order valence-corrected chi connectivity index (χ4v) is 5.07. The van der Waals surface area contributed by atoms with Gasteiger partial charge in [-0.2, -0.15) is 11.3 Å². The number of hydrogen-bond acceptors (Lipinski definition) is 5. The number of nitrogens with zero attached hydrogens (tertiary/aromatic N) is 3. The number of amides is 1. The summed E-state index contributed by atoms with van der Waals surface area (Å²) in [6.07, 6.45) is 0. The number of aromatic nitrogens is 2. The quantitative estimate of drug-likeness (QED) is 0.313. The van der Waals surface area contributed by atoms with Gasteiger partial charge in [0.25, 0.3) is 5.56 Å². The van der Waals surface area contributed by atoms with E-state index in [4.69, 9.17) is 4.98 Å². The molecule has 2 aromatic heterocycles. The van der Waals surface area contributed by atoms with Gasteiger partial charge in [-0.3, -0.25) is 14.2 Å². The van der Waals surface area contributed by atoms with Crippen molar-refractivity contribution in [1.29, 1.82) is 0 Å². The van der Waals surface area contributed by atoms with Gasteiger partial charge < -0.3 is 4.90 Å². The van der Waals surface area contributed by atoms with Crippen molar-refractivity contribution in [2.75, 3.05) is 12.8 Å². The topological polar surface area (TPSA) is 55.2 Å². The second kappa shape index (κ2) is 9.08. The fourth-order valence-electron chi connectivity index (χ4n) is 3.46. The van der Waals surface area contributed by atoms with E-state index in [-0.39, 0.29) is 17.2 Å². The maximum atomic E-state index is 13.4. The van der Waals surface area contributed by atoms with Gasteiger partial charge in [-0.25, -0.2) is 4.98 Å². The van der Waals surface area contributed by atoms with E-state index in [1.807, 2.05) is 67.1 Å². The highest BCUT2D eigenvalue weighted by Crippen LogP contribution is 2.24. The first kappa shape index (κ1) is 21.3. The molecule has 4 rings (SSSR count). The molecule has 7 heteroatoms. The zero-order valence-electron chi connectivity index (χ0n) is 17.7. The summed E-state index contributed by atoms with van der Waals surface area (Å²) in [6.45, 7) is 4.58. The monoisotopic (exact) mass is 449 g/mol. The smallest absolute Gasteiger partial charge is 0.266 e. The fraction of sp³-hybridized carbons (Fsp3) is 0.208. The van der Waals surface area contributed by atoms with Crippen molar-refractivity contribution in [3.63, 3.8) is 0 Å². The zero-order chi connectivity index (χ0) is 22.0. The lowest BCUT2D eigenvalue weighted by Gasteiger charge is -2.18. The van der Waals surface area contributed by atoms with Crippen LogP contribution in [0, 0.1) is 13.8 Å². The van der Waals surface area contributed by atoms with Crippen LogP contribution in [0.15, 0.2) is 69.2 Å². The number of rotatable bonds is 6. The van der Waals surface area contributed by atoms with Crippen LogP contribution >= 0.6 is 23.1 Å². The summed E-state index contributed by atoms with van der Waals surface area (Å²) in [5.74, 6) is 0.196. The van der Waals surface area contributed by atoms with E-state index in [0.717, 1.165) is 22.4 Å². The Morgan fingerprint density at radius 2 is 1.97 bits per heavy atom. The van der Waals surface area contributed by atoms with Crippen molar-refractivity contribution >= 4 is 39.9 Å². The lowest BCUT2D eigenvalue weighted by molar-refractivity contribution is -0.127. The van der Waals surface area contributed by atoms with Gasteiger partial charge in [0.05, 0.1) is 22.3 Å². The molecule has 31 heavy (non-hydrogen) atoms. The van der Waals surface area contributed by atoms with Gasteiger partial charge in [-0.05, 0) is 60.0 Å². The van der Waals surface area contributed by atoms with Gasteiger partial charge in [0.1, 0.15) is 0 Å². The molecule has 1 amide bonds. The van der Waals surface area contributed by atoms with E-state index in [0.29, 0.717) is 22.6 Å². The van der Waals surface area contributed by atoms with Crippen LogP contribution < -0.4 is 5.56 Å². The number of fused-ring (bicyclic) bond motifs is 1. The molecule has 0 aliphatic heterocycles. The standard InChI is InChI=1S/C24H23N3O2S2/c1-16-8-9-21(17(2)12-16)27-23(29)19-6-4-5-7-20(19)25-24(27)31-15-22(28)26(3)13-18-10-11-30-14-18/h4-12,14H,13,15H2,1-3H3. The van der Waals surface area contributed by atoms with Crippen LogP contribution in [0.4, 0.5) is 0 Å². The molecule has 0 unspecified atom stereocenters. The normalized spacial score (nSPS) is 11.1. The molecule has 0 saturated heterocycles. The molecule has 0 spiro atoms. The summed E-state index contributed by atoms with van der Waals surface area (Å²) in [7, 11) is 1.80. The first-order valence-electron chi connectivity index (χ1n) is 9.91. The highest BCUT2D eigenvalue weighted by molar-refractivity contribution is 7.99.